The zero-order valence-electron chi connectivity index (χ0n) is 7.90. The number of carbonyl (C=O) groups excluding carboxylic acids is 1. The molecule has 0 aliphatic rings. The summed E-state index contributed by atoms with van der Waals surface area (Å²) in [6, 6.07) is 1.09. The number of aliphatic hydroxyl groups is 1. The third-order valence-corrected chi connectivity index (χ3v) is 1.82. The predicted molar refractivity (Wildman–Crippen MR) is 46.4 cm³/mol. The van der Waals surface area contributed by atoms with Crippen LogP contribution in [0.25, 0.3) is 0 Å². The largest absolute Gasteiger partial charge is 0.401 e. The summed E-state index contributed by atoms with van der Waals surface area (Å²) in [6.45, 7) is -1.19. The van der Waals surface area contributed by atoms with Gasteiger partial charge in [-0.2, -0.15) is 13.2 Å². The number of nitrogens with two attached hydrogens (primary N) is 1. The molecule has 5 nitrogen and oxygen atoms in total. The van der Waals surface area contributed by atoms with Crippen molar-refractivity contribution in [1.29, 1.82) is 0 Å². The molecule has 1 rings (SSSR count). The first-order chi connectivity index (χ1) is 7.36. The topological polar surface area (TPSA) is 89.1 Å². The second kappa shape index (κ2) is 4.44. The van der Waals surface area contributed by atoms with Gasteiger partial charge in [-0.25, -0.2) is 9.97 Å². The van der Waals surface area contributed by atoms with E-state index in [2.05, 4.69) is 9.97 Å². The molecule has 0 aliphatic heterocycles. The van der Waals surface area contributed by atoms with E-state index in [0.29, 0.717) is 0 Å². The van der Waals surface area contributed by atoms with E-state index < -0.39 is 30.4 Å². The van der Waals surface area contributed by atoms with Gasteiger partial charge in [0.1, 0.15) is 17.4 Å². The third-order valence-electron chi connectivity index (χ3n) is 1.82. The van der Waals surface area contributed by atoms with Crippen LogP contribution in [0.5, 0.6) is 0 Å². The zero-order valence-corrected chi connectivity index (χ0v) is 7.90. The lowest BCUT2D eigenvalue weighted by molar-refractivity contribution is -0.160. The van der Waals surface area contributed by atoms with E-state index >= 15 is 0 Å². The van der Waals surface area contributed by atoms with Crippen LogP contribution in [0, 0.1) is 0 Å². The fraction of sp³-hybridized carbons (Fsp3) is 0.375. The van der Waals surface area contributed by atoms with Gasteiger partial charge < -0.3 is 10.8 Å². The first-order valence-electron chi connectivity index (χ1n) is 4.16. The van der Waals surface area contributed by atoms with Gasteiger partial charge in [0.05, 0.1) is 6.61 Å². The molecule has 0 spiro atoms. The molecule has 1 aromatic rings. The Morgan fingerprint density at radius 3 is 2.62 bits per heavy atom. The van der Waals surface area contributed by atoms with Gasteiger partial charge in [-0.3, -0.25) is 4.79 Å². The Balaban J connectivity index is 3.11. The van der Waals surface area contributed by atoms with Crippen LogP contribution in [-0.2, 0) is 0 Å². The van der Waals surface area contributed by atoms with E-state index in [9.17, 15) is 18.0 Å². The lowest BCUT2D eigenvalue weighted by Gasteiger charge is -2.16. The first-order valence-corrected chi connectivity index (χ1v) is 4.16. The van der Waals surface area contributed by atoms with Crippen LogP contribution in [-0.4, -0.2) is 33.8 Å². The lowest BCUT2D eigenvalue weighted by Crippen LogP contribution is -2.27. The van der Waals surface area contributed by atoms with Crippen LogP contribution >= 0.6 is 0 Å². The molecule has 0 saturated carbocycles. The van der Waals surface area contributed by atoms with Crippen LogP contribution < -0.4 is 5.73 Å². The molecule has 0 radical (unpaired) electrons. The summed E-state index contributed by atoms with van der Waals surface area (Å²) in [5.41, 5.74) is 4.53. The number of rotatable bonds is 3. The van der Waals surface area contributed by atoms with Crippen LogP contribution in [0.15, 0.2) is 12.3 Å². The molecule has 0 bridgehead atoms. The molecule has 0 fully saturated rings. The number of nitrogens with zero attached hydrogens (tertiary/aromatic N) is 2. The maximum Gasteiger partial charge on any atom is 0.401 e. The summed E-state index contributed by atoms with van der Waals surface area (Å²) in [7, 11) is 0. The summed E-state index contributed by atoms with van der Waals surface area (Å²) in [4.78, 5) is 17.4. The smallest absolute Gasteiger partial charge is 0.395 e. The van der Waals surface area contributed by atoms with E-state index in [1.54, 1.807) is 0 Å². The number of aliphatic hydroxyl groups excluding tert-OH is 1. The third kappa shape index (κ3) is 2.66. The molecule has 0 aliphatic carbocycles. The summed E-state index contributed by atoms with van der Waals surface area (Å²) in [6.07, 6.45) is -3.69. The Kier molecular flexibility index (Phi) is 3.43. The molecule has 16 heavy (non-hydrogen) atoms. The number of amides is 1. The Morgan fingerprint density at radius 2 is 2.19 bits per heavy atom. The van der Waals surface area contributed by atoms with Crippen LogP contribution in [0.2, 0.25) is 0 Å². The summed E-state index contributed by atoms with van der Waals surface area (Å²) >= 11 is 0. The van der Waals surface area contributed by atoms with Gasteiger partial charge in [-0.15, -0.1) is 0 Å². The van der Waals surface area contributed by atoms with Gasteiger partial charge in [-0.1, -0.05) is 0 Å². The minimum absolute atomic E-state index is 0.326. The Morgan fingerprint density at radius 1 is 1.56 bits per heavy atom. The van der Waals surface area contributed by atoms with E-state index in [-0.39, 0.29) is 5.69 Å². The number of hydrogen-bond donors (Lipinski definition) is 2. The second-order valence-electron chi connectivity index (χ2n) is 2.94. The molecule has 1 amide bonds. The Hall–Kier alpha value is -1.70. The van der Waals surface area contributed by atoms with Gasteiger partial charge >= 0.3 is 6.18 Å². The predicted octanol–water partition coefficient (Wildman–Crippen LogP) is 0.214. The normalized spacial score (nSPS) is 13.5. The minimum atomic E-state index is -4.68. The number of halogens is 3. The van der Waals surface area contributed by atoms with Gasteiger partial charge in [0, 0.05) is 6.20 Å². The Labute approximate surface area is 88.1 Å². The summed E-state index contributed by atoms with van der Waals surface area (Å²) < 4.78 is 37.1. The molecule has 1 aromatic heterocycles. The highest BCUT2D eigenvalue weighted by molar-refractivity contribution is 5.90. The van der Waals surface area contributed by atoms with Crippen molar-refractivity contribution in [2.75, 3.05) is 6.61 Å². The summed E-state index contributed by atoms with van der Waals surface area (Å²) in [5.74, 6) is -3.85. The van der Waals surface area contributed by atoms with Crippen LogP contribution in [0.3, 0.4) is 0 Å². The highest BCUT2D eigenvalue weighted by atomic mass is 19.4. The van der Waals surface area contributed by atoms with Crippen molar-refractivity contribution in [1.82, 2.24) is 9.97 Å². The fourth-order valence-electron chi connectivity index (χ4n) is 1.01. The van der Waals surface area contributed by atoms with Crippen molar-refractivity contribution in [3.63, 3.8) is 0 Å². The molecule has 8 heteroatoms. The molecule has 88 valence electrons. The highest BCUT2D eigenvalue weighted by Crippen LogP contribution is 2.32. The average molecular weight is 235 g/mol. The molecule has 1 atom stereocenters. The van der Waals surface area contributed by atoms with E-state index in [1.807, 2.05) is 0 Å². The maximum atomic E-state index is 12.4. The highest BCUT2D eigenvalue weighted by Gasteiger charge is 2.42. The number of alkyl halides is 3. The van der Waals surface area contributed by atoms with Crippen molar-refractivity contribution < 1.29 is 23.1 Å². The molecule has 0 unspecified atom stereocenters. The molecule has 1 heterocycles. The average Bonchev–Trinajstić information content (AvgIpc) is 2.17. The quantitative estimate of drug-likeness (QED) is 0.783. The standard InChI is InChI=1S/C8H8F3N3O2/c9-8(10,11)4(3-15)7-13-2-1-5(14-7)6(12)16/h1-2,4,15H,3H2,(H2,12,16)/t4-/m0/s1. The second-order valence-corrected chi connectivity index (χ2v) is 2.94. The van der Waals surface area contributed by atoms with Crippen molar-refractivity contribution in [3.8, 4) is 0 Å². The zero-order chi connectivity index (χ0) is 12.3. The Bertz CT molecular complexity index is 394. The SMILES string of the molecule is NC(=O)c1ccnc([C@H](CO)C(F)(F)F)n1. The van der Waals surface area contributed by atoms with Crippen molar-refractivity contribution >= 4 is 5.91 Å². The van der Waals surface area contributed by atoms with Gasteiger partial charge in [0.15, 0.2) is 0 Å². The molecular weight excluding hydrogens is 227 g/mol. The van der Waals surface area contributed by atoms with Crippen LogP contribution in [0.1, 0.15) is 22.2 Å². The lowest BCUT2D eigenvalue weighted by atomic mass is 10.1. The summed E-state index contributed by atoms with van der Waals surface area (Å²) in [5, 5.41) is 8.63. The number of carbonyl (C=O) groups is 1. The van der Waals surface area contributed by atoms with Crippen molar-refractivity contribution in [2.45, 2.75) is 12.1 Å². The number of aromatic nitrogens is 2. The van der Waals surface area contributed by atoms with Gasteiger partial charge in [0.2, 0.25) is 0 Å². The molecular formula is C8H8F3N3O2. The van der Waals surface area contributed by atoms with E-state index in [0.717, 1.165) is 12.3 Å². The van der Waals surface area contributed by atoms with Crippen molar-refractivity contribution in [2.24, 2.45) is 5.73 Å². The number of primary amides is 1. The number of hydrogen-bond acceptors (Lipinski definition) is 4. The molecule has 0 aromatic carbocycles. The van der Waals surface area contributed by atoms with E-state index in [1.165, 1.54) is 0 Å². The monoisotopic (exact) mass is 235 g/mol. The van der Waals surface area contributed by atoms with Crippen LogP contribution in [0.4, 0.5) is 13.2 Å². The molecule has 0 saturated heterocycles. The van der Waals surface area contributed by atoms with Crippen molar-refractivity contribution in [3.05, 3.63) is 23.8 Å². The van der Waals surface area contributed by atoms with Gasteiger partial charge in [0.25, 0.3) is 5.91 Å². The van der Waals surface area contributed by atoms with Gasteiger partial charge in [-0.05, 0) is 6.07 Å². The molecule has 3 N–H and O–H groups in total. The first kappa shape index (κ1) is 12.4. The maximum absolute atomic E-state index is 12.4. The fourth-order valence-corrected chi connectivity index (χ4v) is 1.01. The minimum Gasteiger partial charge on any atom is -0.395 e. The van der Waals surface area contributed by atoms with E-state index in [4.69, 9.17) is 10.8 Å².